The third-order valence-corrected chi connectivity index (χ3v) is 5.43. The van der Waals surface area contributed by atoms with E-state index in [0.29, 0.717) is 17.8 Å². The SMILES string of the molecule is CCC(=O)Nc1ccc(NC(=O)c2cccc(S(=O)(=O)N(C)C)c2)cc1. The number of amides is 2. The highest BCUT2D eigenvalue weighted by atomic mass is 32.2. The van der Waals surface area contributed by atoms with E-state index in [-0.39, 0.29) is 16.4 Å². The van der Waals surface area contributed by atoms with Crippen LogP contribution < -0.4 is 10.6 Å². The molecule has 2 rings (SSSR count). The normalized spacial score (nSPS) is 11.2. The maximum atomic E-state index is 12.4. The fourth-order valence-electron chi connectivity index (χ4n) is 2.10. The highest BCUT2D eigenvalue weighted by Gasteiger charge is 2.18. The van der Waals surface area contributed by atoms with Gasteiger partial charge >= 0.3 is 0 Å². The van der Waals surface area contributed by atoms with Gasteiger partial charge in [0.1, 0.15) is 0 Å². The third kappa shape index (κ3) is 4.68. The summed E-state index contributed by atoms with van der Waals surface area (Å²) in [5.74, 6) is -0.521. The van der Waals surface area contributed by atoms with Gasteiger partial charge in [-0.15, -0.1) is 0 Å². The number of anilines is 2. The predicted molar refractivity (Wildman–Crippen MR) is 101 cm³/mol. The number of carbonyl (C=O) groups excluding carboxylic acids is 2. The van der Waals surface area contributed by atoms with E-state index in [1.54, 1.807) is 37.3 Å². The first-order valence-electron chi connectivity index (χ1n) is 7.98. The Morgan fingerprint density at radius 3 is 2.08 bits per heavy atom. The van der Waals surface area contributed by atoms with Crippen LogP contribution in [0.1, 0.15) is 23.7 Å². The fourth-order valence-corrected chi connectivity index (χ4v) is 3.05. The minimum atomic E-state index is -3.61. The lowest BCUT2D eigenvalue weighted by Gasteiger charge is -2.12. The molecule has 7 nitrogen and oxygen atoms in total. The molecule has 2 amide bonds. The van der Waals surface area contributed by atoms with Gasteiger partial charge in [0.05, 0.1) is 4.90 Å². The largest absolute Gasteiger partial charge is 0.326 e. The Morgan fingerprint density at radius 2 is 1.54 bits per heavy atom. The number of sulfonamides is 1. The summed E-state index contributed by atoms with van der Waals surface area (Å²) >= 11 is 0. The van der Waals surface area contributed by atoms with Gasteiger partial charge in [-0.25, -0.2) is 12.7 Å². The second kappa shape index (κ2) is 8.11. The van der Waals surface area contributed by atoms with Crippen molar-refractivity contribution in [3.05, 3.63) is 54.1 Å². The number of rotatable bonds is 6. The third-order valence-electron chi connectivity index (χ3n) is 3.62. The highest BCUT2D eigenvalue weighted by molar-refractivity contribution is 7.89. The van der Waals surface area contributed by atoms with Gasteiger partial charge in [0.15, 0.2) is 0 Å². The summed E-state index contributed by atoms with van der Waals surface area (Å²) in [5, 5.41) is 5.42. The number of hydrogen-bond donors (Lipinski definition) is 2. The minimum absolute atomic E-state index is 0.0489. The molecule has 0 bridgehead atoms. The van der Waals surface area contributed by atoms with Gasteiger partial charge in [-0.05, 0) is 42.5 Å². The van der Waals surface area contributed by atoms with Crippen LogP contribution in [-0.2, 0) is 14.8 Å². The van der Waals surface area contributed by atoms with Gasteiger partial charge in [0.25, 0.3) is 5.91 Å². The number of hydrogen-bond acceptors (Lipinski definition) is 4. The van der Waals surface area contributed by atoms with Crippen LogP contribution in [0.15, 0.2) is 53.4 Å². The summed E-state index contributed by atoms with van der Waals surface area (Å²) in [5.41, 5.74) is 1.40. The molecule has 0 aliphatic heterocycles. The number of nitrogens with zero attached hydrogens (tertiary/aromatic N) is 1. The monoisotopic (exact) mass is 375 g/mol. The molecule has 0 saturated carbocycles. The number of benzene rings is 2. The molecular weight excluding hydrogens is 354 g/mol. The van der Waals surface area contributed by atoms with Gasteiger partial charge in [0.2, 0.25) is 15.9 Å². The van der Waals surface area contributed by atoms with E-state index in [4.69, 9.17) is 0 Å². The summed E-state index contributed by atoms with van der Waals surface area (Å²) in [6.45, 7) is 1.76. The predicted octanol–water partition coefficient (Wildman–Crippen LogP) is 2.54. The van der Waals surface area contributed by atoms with Crippen molar-refractivity contribution in [3.63, 3.8) is 0 Å². The van der Waals surface area contributed by atoms with E-state index in [1.807, 2.05) is 0 Å². The molecule has 0 atom stereocenters. The molecule has 0 unspecified atom stereocenters. The maximum absolute atomic E-state index is 12.4. The smallest absolute Gasteiger partial charge is 0.255 e. The molecule has 0 aromatic heterocycles. The van der Waals surface area contributed by atoms with Gasteiger partial charge in [-0.1, -0.05) is 13.0 Å². The molecule has 2 N–H and O–H groups in total. The minimum Gasteiger partial charge on any atom is -0.326 e. The van der Waals surface area contributed by atoms with Crippen molar-refractivity contribution in [2.24, 2.45) is 0 Å². The van der Waals surface area contributed by atoms with Crippen molar-refractivity contribution >= 4 is 33.2 Å². The summed E-state index contributed by atoms with van der Waals surface area (Å²) < 4.78 is 25.4. The van der Waals surface area contributed by atoms with Crippen molar-refractivity contribution in [1.82, 2.24) is 4.31 Å². The summed E-state index contributed by atoms with van der Waals surface area (Å²) in [4.78, 5) is 23.8. The number of nitrogens with one attached hydrogen (secondary N) is 2. The molecule has 0 saturated heterocycles. The second-order valence-electron chi connectivity index (χ2n) is 5.75. The average molecular weight is 375 g/mol. The molecular formula is C18H21N3O4S. The molecule has 0 aliphatic carbocycles. The summed E-state index contributed by atoms with van der Waals surface area (Å²) in [6, 6.07) is 12.5. The fraction of sp³-hybridized carbons (Fsp3) is 0.222. The zero-order chi connectivity index (χ0) is 19.3. The quantitative estimate of drug-likeness (QED) is 0.811. The molecule has 0 radical (unpaired) electrons. The topological polar surface area (TPSA) is 95.6 Å². The lowest BCUT2D eigenvalue weighted by atomic mass is 10.2. The zero-order valence-corrected chi connectivity index (χ0v) is 15.6. The molecule has 8 heteroatoms. The van der Waals surface area contributed by atoms with Crippen LogP contribution in [0.3, 0.4) is 0 Å². The van der Waals surface area contributed by atoms with Crippen molar-refractivity contribution in [2.75, 3.05) is 24.7 Å². The van der Waals surface area contributed by atoms with E-state index in [1.165, 1.54) is 32.3 Å². The summed E-state index contributed by atoms with van der Waals surface area (Å²) in [7, 11) is -0.749. The van der Waals surface area contributed by atoms with E-state index < -0.39 is 15.9 Å². The standard InChI is InChI=1S/C18H21N3O4S/c1-4-17(22)19-14-8-10-15(11-9-14)20-18(23)13-6-5-7-16(12-13)26(24,25)21(2)3/h5-12H,4H2,1-3H3,(H,19,22)(H,20,23). The van der Waals surface area contributed by atoms with Gasteiger partial charge in [0, 0.05) is 37.5 Å². The van der Waals surface area contributed by atoms with Crippen molar-refractivity contribution in [2.45, 2.75) is 18.2 Å². The molecule has 0 aliphatic rings. The van der Waals surface area contributed by atoms with Crippen LogP contribution >= 0.6 is 0 Å². The van der Waals surface area contributed by atoms with E-state index in [0.717, 1.165) is 4.31 Å². The van der Waals surface area contributed by atoms with E-state index in [9.17, 15) is 18.0 Å². The van der Waals surface area contributed by atoms with Crippen LogP contribution in [-0.4, -0.2) is 38.6 Å². The lowest BCUT2D eigenvalue weighted by molar-refractivity contribution is -0.115. The summed E-state index contributed by atoms with van der Waals surface area (Å²) in [6.07, 6.45) is 0.380. The Bertz CT molecular complexity index is 906. The van der Waals surface area contributed by atoms with Crippen LogP contribution in [0.4, 0.5) is 11.4 Å². The van der Waals surface area contributed by atoms with Crippen molar-refractivity contribution in [1.29, 1.82) is 0 Å². The highest BCUT2D eigenvalue weighted by Crippen LogP contribution is 2.18. The number of carbonyl (C=O) groups is 2. The van der Waals surface area contributed by atoms with Crippen LogP contribution in [0.2, 0.25) is 0 Å². The lowest BCUT2D eigenvalue weighted by Crippen LogP contribution is -2.22. The molecule has 0 spiro atoms. The molecule has 138 valence electrons. The molecule has 2 aromatic carbocycles. The van der Waals surface area contributed by atoms with E-state index in [2.05, 4.69) is 10.6 Å². The average Bonchev–Trinajstić information content (AvgIpc) is 2.63. The van der Waals surface area contributed by atoms with Gasteiger partial charge in [-0.2, -0.15) is 0 Å². The van der Waals surface area contributed by atoms with Gasteiger partial charge < -0.3 is 10.6 Å². The first kappa shape index (κ1) is 19.6. The van der Waals surface area contributed by atoms with Crippen LogP contribution in [0, 0.1) is 0 Å². The second-order valence-corrected chi connectivity index (χ2v) is 7.90. The first-order chi connectivity index (χ1) is 12.2. The maximum Gasteiger partial charge on any atom is 0.255 e. The molecule has 26 heavy (non-hydrogen) atoms. The molecule has 0 fully saturated rings. The van der Waals surface area contributed by atoms with E-state index >= 15 is 0 Å². The van der Waals surface area contributed by atoms with Crippen molar-refractivity contribution in [3.8, 4) is 0 Å². The van der Waals surface area contributed by atoms with Crippen molar-refractivity contribution < 1.29 is 18.0 Å². The first-order valence-corrected chi connectivity index (χ1v) is 9.42. The Labute approximate surface area is 153 Å². The van der Waals surface area contributed by atoms with Gasteiger partial charge in [-0.3, -0.25) is 9.59 Å². The Kier molecular flexibility index (Phi) is 6.12. The Morgan fingerprint density at radius 1 is 0.962 bits per heavy atom. The molecule has 0 heterocycles. The molecule has 2 aromatic rings. The van der Waals surface area contributed by atoms with Crippen LogP contribution in [0.25, 0.3) is 0 Å². The van der Waals surface area contributed by atoms with Crippen LogP contribution in [0.5, 0.6) is 0 Å². The Hall–Kier alpha value is -2.71. The Balaban J connectivity index is 2.14. The zero-order valence-electron chi connectivity index (χ0n) is 14.8.